The third-order valence-corrected chi connectivity index (χ3v) is 4.84. The number of ether oxygens (including phenoxy) is 1. The largest absolute Gasteiger partial charge is 0.485 e. The zero-order valence-corrected chi connectivity index (χ0v) is 12.3. The van der Waals surface area contributed by atoms with E-state index in [9.17, 15) is 10.1 Å². The van der Waals surface area contributed by atoms with Crippen molar-refractivity contribution in [3.05, 3.63) is 28.4 Å². The standard InChI is InChI=1S/C13H17BrN2O3/c14-9-13(6-2-1-3-7-13)10-19-11-5-4-8-15-12(11)16(17)18/h4-5,8H,1-3,6-7,9-10H2. The second-order valence-electron chi connectivity index (χ2n) is 5.07. The zero-order valence-electron chi connectivity index (χ0n) is 10.7. The Morgan fingerprint density at radius 3 is 2.79 bits per heavy atom. The molecule has 5 nitrogen and oxygen atoms in total. The minimum atomic E-state index is -0.503. The molecule has 0 amide bonds. The Balaban J connectivity index is 2.07. The Labute approximate surface area is 120 Å². The first-order chi connectivity index (χ1) is 9.17. The molecule has 1 aliphatic rings. The maximum absolute atomic E-state index is 10.9. The number of nitro groups is 1. The summed E-state index contributed by atoms with van der Waals surface area (Å²) in [5.74, 6) is 0.0569. The van der Waals surface area contributed by atoms with E-state index in [0.717, 1.165) is 18.2 Å². The van der Waals surface area contributed by atoms with Crippen LogP contribution in [0.2, 0.25) is 0 Å². The fourth-order valence-electron chi connectivity index (χ4n) is 2.48. The van der Waals surface area contributed by atoms with Crippen molar-refractivity contribution < 1.29 is 9.66 Å². The lowest BCUT2D eigenvalue weighted by Gasteiger charge is -2.35. The van der Waals surface area contributed by atoms with Crippen molar-refractivity contribution >= 4 is 21.7 Å². The number of alkyl halides is 1. The van der Waals surface area contributed by atoms with Gasteiger partial charge in [0.15, 0.2) is 0 Å². The van der Waals surface area contributed by atoms with Crippen LogP contribution in [0.3, 0.4) is 0 Å². The van der Waals surface area contributed by atoms with Gasteiger partial charge < -0.3 is 14.9 Å². The quantitative estimate of drug-likeness (QED) is 0.469. The van der Waals surface area contributed by atoms with E-state index in [4.69, 9.17) is 4.74 Å². The molecular weight excluding hydrogens is 312 g/mol. The highest BCUT2D eigenvalue weighted by Crippen LogP contribution is 2.39. The Bertz CT molecular complexity index is 447. The van der Waals surface area contributed by atoms with Crippen LogP contribution in [-0.4, -0.2) is 21.8 Å². The van der Waals surface area contributed by atoms with Crippen molar-refractivity contribution in [1.82, 2.24) is 4.98 Å². The molecule has 0 unspecified atom stereocenters. The maximum Gasteiger partial charge on any atom is 0.406 e. The predicted molar refractivity (Wildman–Crippen MR) is 75.7 cm³/mol. The molecular formula is C13H17BrN2O3. The van der Waals surface area contributed by atoms with Crippen LogP contribution >= 0.6 is 15.9 Å². The summed E-state index contributed by atoms with van der Waals surface area (Å²) in [6.45, 7) is 0.505. The lowest BCUT2D eigenvalue weighted by Crippen LogP contribution is -2.32. The van der Waals surface area contributed by atoms with Crippen molar-refractivity contribution in [3.63, 3.8) is 0 Å². The Kier molecular flexibility index (Phi) is 4.74. The van der Waals surface area contributed by atoms with Gasteiger partial charge in [-0.1, -0.05) is 35.2 Å². The van der Waals surface area contributed by atoms with Crippen LogP contribution in [-0.2, 0) is 0 Å². The van der Waals surface area contributed by atoms with Crippen LogP contribution in [0, 0.1) is 15.5 Å². The molecule has 6 heteroatoms. The first kappa shape index (κ1) is 14.2. The normalized spacial score (nSPS) is 17.9. The predicted octanol–water partition coefficient (Wildman–Crippen LogP) is 3.71. The van der Waals surface area contributed by atoms with Crippen molar-refractivity contribution in [2.45, 2.75) is 32.1 Å². The molecule has 1 aromatic heterocycles. The molecule has 0 atom stereocenters. The number of hydrogen-bond donors (Lipinski definition) is 0. The SMILES string of the molecule is O=[N+]([O-])c1ncccc1OCC1(CBr)CCCCC1. The van der Waals surface area contributed by atoms with Gasteiger partial charge in [-0.3, -0.25) is 0 Å². The highest BCUT2D eigenvalue weighted by atomic mass is 79.9. The average Bonchev–Trinajstić information content (AvgIpc) is 2.46. The summed E-state index contributed by atoms with van der Waals surface area (Å²) in [4.78, 5) is 14.1. The highest BCUT2D eigenvalue weighted by Gasteiger charge is 2.32. The van der Waals surface area contributed by atoms with Gasteiger partial charge in [0.2, 0.25) is 5.75 Å². The minimum absolute atomic E-state index is 0.0992. The van der Waals surface area contributed by atoms with E-state index < -0.39 is 4.92 Å². The Morgan fingerprint density at radius 2 is 2.16 bits per heavy atom. The Morgan fingerprint density at radius 1 is 1.42 bits per heavy atom. The molecule has 104 valence electrons. The van der Waals surface area contributed by atoms with Crippen LogP contribution in [0.15, 0.2) is 18.3 Å². The van der Waals surface area contributed by atoms with E-state index in [0.29, 0.717) is 6.61 Å². The van der Waals surface area contributed by atoms with Gasteiger partial charge in [0.25, 0.3) is 0 Å². The maximum atomic E-state index is 10.9. The summed E-state index contributed by atoms with van der Waals surface area (Å²) in [5, 5.41) is 11.7. The van der Waals surface area contributed by atoms with E-state index in [2.05, 4.69) is 20.9 Å². The van der Waals surface area contributed by atoms with Crippen molar-refractivity contribution in [2.24, 2.45) is 5.41 Å². The van der Waals surface area contributed by atoms with Crippen molar-refractivity contribution in [3.8, 4) is 5.75 Å². The molecule has 1 fully saturated rings. The molecule has 1 aliphatic carbocycles. The van der Waals surface area contributed by atoms with Crippen molar-refractivity contribution in [2.75, 3.05) is 11.9 Å². The molecule has 0 spiro atoms. The highest BCUT2D eigenvalue weighted by molar-refractivity contribution is 9.09. The summed E-state index contributed by atoms with van der Waals surface area (Å²) in [6.07, 6.45) is 7.28. The third-order valence-electron chi connectivity index (χ3n) is 3.66. The molecule has 0 saturated heterocycles. The summed E-state index contributed by atoms with van der Waals surface area (Å²) in [6, 6.07) is 3.26. The van der Waals surface area contributed by atoms with Crippen LogP contribution in [0.1, 0.15) is 32.1 Å². The lowest BCUT2D eigenvalue weighted by molar-refractivity contribution is -0.390. The van der Waals surface area contributed by atoms with E-state index in [1.807, 2.05) is 0 Å². The van der Waals surface area contributed by atoms with Gasteiger partial charge in [-0.2, -0.15) is 0 Å². The molecule has 2 rings (SSSR count). The second-order valence-corrected chi connectivity index (χ2v) is 5.63. The molecule has 0 N–H and O–H groups in total. The van der Waals surface area contributed by atoms with Crippen molar-refractivity contribution in [1.29, 1.82) is 0 Å². The monoisotopic (exact) mass is 328 g/mol. The van der Waals surface area contributed by atoms with Crippen LogP contribution in [0.25, 0.3) is 0 Å². The molecule has 1 aromatic rings. The number of rotatable bonds is 5. The van der Waals surface area contributed by atoms with Gasteiger partial charge >= 0.3 is 5.82 Å². The van der Waals surface area contributed by atoms with E-state index in [-0.39, 0.29) is 17.0 Å². The second kappa shape index (κ2) is 6.32. The first-order valence-electron chi connectivity index (χ1n) is 6.45. The Hall–Kier alpha value is -1.17. The van der Waals surface area contributed by atoms with E-state index in [1.54, 1.807) is 12.1 Å². The van der Waals surface area contributed by atoms with Crippen LogP contribution in [0.5, 0.6) is 5.75 Å². The molecule has 0 aliphatic heterocycles. The lowest BCUT2D eigenvalue weighted by atomic mass is 9.76. The fraction of sp³-hybridized carbons (Fsp3) is 0.615. The number of hydrogen-bond acceptors (Lipinski definition) is 4. The van der Waals surface area contributed by atoms with Crippen LogP contribution < -0.4 is 4.74 Å². The fourth-order valence-corrected chi connectivity index (χ4v) is 3.20. The number of halogens is 1. The average molecular weight is 329 g/mol. The van der Waals surface area contributed by atoms with Gasteiger partial charge in [0.05, 0.1) is 6.61 Å². The molecule has 0 aromatic carbocycles. The third kappa shape index (κ3) is 3.43. The number of nitrogens with zero attached hydrogens (tertiary/aromatic N) is 2. The number of pyridine rings is 1. The minimum Gasteiger partial charge on any atom is -0.485 e. The van der Waals surface area contributed by atoms with E-state index >= 15 is 0 Å². The molecule has 0 radical (unpaired) electrons. The summed E-state index contributed by atoms with van der Waals surface area (Å²) in [5.41, 5.74) is 0.0992. The van der Waals surface area contributed by atoms with E-state index in [1.165, 1.54) is 25.5 Å². The zero-order chi connectivity index (χ0) is 13.7. The summed E-state index contributed by atoms with van der Waals surface area (Å²) in [7, 11) is 0. The summed E-state index contributed by atoms with van der Waals surface area (Å²) < 4.78 is 5.70. The van der Waals surface area contributed by atoms with Crippen LogP contribution in [0.4, 0.5) is 5.82 Å². The van der Waals surface area contributed by atoms with Gasteiger partial charge in [-0.05, 0) is 34.9 Å². The van der Waals surface area contributed by atoms with Gasteiger partial charge in [0.1, 0.15) is 6.20 Å². The molecule has 0 bridgehead atoms. The molecule has 1 heterocycles. The topological polar surface area (TPSA) is 65.3 Å². The molecule has 1 saturated carbocycles. The molecule has 19 heavy (non-hydrogen) atoms. The summed E-state index contributed by atoms with van der Waals surface area (Å²) >= 11 is 3.56. The smallest absolute Gasteiger partial charge is 0.406 e. The van der Waals surface area contributed by atoms with Gasteiger partial charge in [0, 0.05) is 10.7 Å². The van der Waals surface area contributed by atoms with Gasteiger partial charge in [-0.25, -0.2) is 0 Å². The number of aromatic nitrogens is 1. The first-order valence-corrected chi connectivity index (χ1v) is 7.57. The van der Waals surface area contributed by atoms with Gasteiger partial charge in [-0.15, -0.1) is 0 Å².